The van der Waals surface area contributed by atoms with Gasteiger partial charge in [0.25, 0.3) is 5.91 Å². The molecule has 12 heteroatoms. The molecular formula is C21H30N4O7Si. The van der Waals surface area contributed by atoms with Gasteiger partial charge in [0.1, 0.15) is 18.7 Å². The largest absolute Gasteiger partial charge is 0.480 e. The molecule has 2 aliphatic heterocycles. The lowest BCUT2D eigenvalue weighted by Gasteiger charge is -2.37. The maximum absolute atomic E-state index is 12.5. The molecule has 4 rings (SSSR count). The third kappa shape index (κ3) is 5.38. The molecule has 1 aromatic heterocycles. The lowest BCUT2D eigenvalue weighted by Crippen LogP contribution is -2.48. The molecule has 180 valence electrons. The van der Waals surface area contributed by atoms with Crippen LogP contribution in [-0.4, -0.2) is 74.9 Å². The third-order valence-corrected chi connectivity index (χ3v) is 7.79. The minimum absolute atomic E-state index is 0.0727. The quantitative estimate of drug-likeness (QED) is 0.430. The molecule has 3 amide bonds. The van der Waals surface area contributed by atoms with Crippen LogP contribution >= 0.6 is 0 Å². The predicted molar refractivity (Wildman–Crippen MR) is 121 cm³/mol. The van der Waals surface area contributed by atoms with Gasteiger partial charge in [0.05, 0.1) is 6.54 Å². The van der Waals surface area contributed by atoms with E-state index in [-0.39, 0.29) is 37.3 Å². The van der Waals surface area contributed by atoms with E-state index < -0.39 is 20.3 Å². The molecule has 3 aliphatic rings. The van der Waals surface area contributed by atoms with Crippen molar-refractivity contribution in [1.29, 1.82) is 0 Å². The molecule has 2 fully saturated rings. The predicted octanol–water partition coefficient (Wildman–Crippen LogP) is 2.49. The van der Waals surface area contributed by atoms with Crippen LogP contribution in [0.2, 0.25) is 25.7 Å². The Hall–Kier alpha value is -2.86. The summed E-state index contributed by atoms with van der Waals surface area (Å²) in [5, 5.41) is 11.3. The molecule has 0 bridgehead atoms. The van der Waals surface area contributed by atoms with Gasteiger partial charge in [-0.25, -0.2) is 14.6 Å². The average molecular weight is 479 g/mol. The van der Waals surface area contributed by atoms with E-state index in [9.17, 15) is 14.4 Å². The summed E-state index contributed by atoms with van der Waals surface area (Å²) in [5.74, 6) is 0.981. The van der Waals surface area contributed by atoms with Crippen molar-refractivity contribution in [3.8, 4) is 5.75 Å². The number of carbonyl (C=O) groups is 3. The van der Waals surface area contributed by atoms with E-state index in [0.717, 1.165) is 6.04 Å². The number of carboxylic acid groups (broad SMARTS) is 1. The first-order valence-corrected chi connectivity index (χ1v) is 14.8. The maximum atomic E-state index is 12.5. The molecule has 2 N–H and O–H groups in total. The Kier molecular flexibility index (Phi) is 6.48. The molecule has 1 atom stereocenters. The normalized spacial score (nSPS) is 24.6. The van der Waals surface area contributed by atoms with Gasteiger partial charge in [-0.15, -0.1) is 0 Å². The number of rotatable bonds is 8. The van der Waals surface area contributed by atoms with Crippen molar-refractivity contribution in [3.05, 3.63) is 12.1 Å². The van der Waals surface area contributed by atoms with E-state index >= 15 is 0 Å². The standard InChI is InChI=1S/C21H30N4O7Si/c1-33(2,3)7-6-30-12-25-18(26)11-31-15-4-5-17(23-19(15)25)24-10-16(32-21(24)29)13-8-14(9-13)22-20(27)28/h4-5,13-14,16,22H,6-12H2,1-3H3,(H,27,28). The zero-order chi connectivity index (χ0) is 23.8. The molecule has 1 unspecified atom stereocenters. The summed E-state index contributed by atoms with van der Waals surface area (Å²) < 4.78 is 16.8. The zero-order valence-electron chi connectivity index (χ0n) is 19.1. The van der Waals surface area contributed by atoms with Gasteiger partial charge in [-0.3, -0.25) is 14.6 Å². The van der Waals surface area contributed by atoms with Gasteiger partial charge >= 0.3 is 12.2 Å². The molecule has 33 heavy (non-hydrogen) atoms. The van der Waals surface area contributed by atoms with Gasteiger partial charge in [-0.2, -0.15) is 0 Å². The first-order valence-electron chi connectivity index (χ1n) is 11.1. The molecule has 3 heterocycles. The second kappa shape index (κ2) is 9.18. The number of pyridine rings is 1. The van der Waals surface area contributed by atoms with Gasteiger partial charge < -0.3 is 24.6 Å². The Morgan fingerprint density at radius 3 is 2.76 bits per heavy atom. The van der Waals surface area contributed by atoms with Crippen molar-refractivity contribution in [2.75, 3.05) is 36.3 Å². The number of carbonyl (C=O) groups excluding carboxylic acids is 2. The summed E-state index contributed by atoms with van der Waals surface area (Å²) in [6.07, 6.45) is -0.641. The first-order chi connectivity index (χ1) is 15.6. The lowest BCUT2D eigenvalue weighted by atomic mass is 9.76. The molecule has 0 spiro atoms. The fraction of sp³-hybridized carbons (Fsp3) is 0.619. The Morgan fingerprint density at radius 1 is 1.30 bits per heavy atom. The van der Waals surface area contributed by atoms with E-state index in [1.165, 1.54) is 9.80 Å². The Bertz CT molecular complexity index is 932. The van der Waals surface area contributed by atoms with Crippen LogP contribution in [0, 0.1) is 5.92 Å². The minimum atomic E-state index is -1.25. The highest BCUT2D eigenvalue weighted by Gasteiger charge is 2.44. The molecule has 1 saturated carbocycles. The van der Waals surface area contributed by atoms with E-state index in [2.05, 4.69) is 29.9 Å². The van der Waals surface area contributed by atoms with Gasteiger partial charge in [-0.1, -0.05) is 19.6 Å². The number of amides is 3. The highest BCUT2D eigenvalue weighted by Crippen LogP contribution is 2.37. The van der Waals surface area contributed by atoms with Gasteiger partial charge in [0.2, 0.25) is 0 Å². The second-order valence-electron chi connectivity index (χ2n) is 9.86. The van der Waals surface area contributed by atoms with E-state index in [4.69, 9.17) is 19.3 Å². The van der Waals surface area contributed by atoms with Gasteiger partial charge in [-0.05, 0) is 31.0 Å². The van der Waals surface area contributed by atoms with Crippen LogP contribution < -0.4 is 19.9 Å². The number of cyclic esters (lactones) is 1. The van der Waals surface area contributed by atoms with Crippen LogP contribution in [0.5, 0.6) is 5.75 Å². The number of fused-ring (bicyclic) bond motifs is 1. The topological polar surface area (TPSA) is 131 Å². The highest BCUT2D eigenvalue weighted by atomic mass is 28.3. The maximum Gasteiger partial charge on any atom is 0.415 e. The average Bonchev–Trinajstić information content (AvgIpc) is 3.08. The highest BCUT2D eigenvalue weighted by molar-refractivity contribution is 6.76. The van der Waals surface area contributed by atoms with Crippen molar-refractivity contribution in [2.45, 2.75) is 50.7 Å². The van der Waals surface area contributed by atoms with Crippen molar-refractivity contribution >= 4 is 37.8 Å². The number of hydrogen-bond acceptors (Lipinski definition) is 7. The second-order valence-corrected chi connectivity index (χ2v) is 15.5. The van der Waals surface area contributed by atoms with Gasteiger partial charge in [0, 0.05) is 26.6 Å². The van der Waals surface area contributed by atoms with Crippen molar-refractivity contribution < 1.29 is 33.7 Å². The number of nitrogens with zero attached hydrogens (tertiary/aromatic N) is 3. The van der Waals surface area contributed by atoms with Gasteiger partial charge in [0.15, 0.2) is 18.2 Å². The van der Waals surface area contributed by atoms with Crippen LogP contribution in [0.3, 0.4) is 0 Å². The molecule has 1 aromatic rings. The monoisotopic (exact) mass is 478 g/mol. The molecule has 1 aliphatic carbocycles. The summed E-state index contributed by atoms with van der Waals surface area (Å²) in [7, 11) is -1.25. The zero-order valence-corrected chi connectivity index (χ0v) is 20.1. The van der Waals surface area contributed by atoms with Crippen molar-refractivity contribution in [2.24, 2.45) is 5.92 Å². The minimum Gasteiger partial charge on any atom is -0.480 e. The molecule has 0 radical (unpaired) electrons. The van der Waals surface area contributed by atoms with Crippen LogP contribution in [-0.2, 0) is 14.3 Å². The summed E-state index contributed by atoms with van der Waals surface area (Å²) in [6.45, 7) is 7.64. The number of anilines is 2. The van der Waals surface area contributed by atoms with Crippen molar-refractivity contribution in [3.63, 3.8) is 0 Å². The fourth-order valence-electron chi connectivity index (χ4n) is 4.06. The number of ether oxygens (including phenoxy) is 3. The molecule has 0 aromatic carbocycles. The van der Waals surface area contributed by atoms with Crippen LogP contribution in [0.15, 0.2) is 12.1 Å². The van der Waals surface area contributed by atoms with Crippen LogP contribution in [0.1, 0.15) is 12.8 Å². The summed E-state index contributed by atoms with van der Waals surface area (Å²) in [6, 6.07) is 4.23. The van der Waals surface area contributed by atoms with E-state index in [1.54, 1.807) is 12.1 Å². The van der Waals surface area contributed by atoms with Crippen molar-refractivity contribution in [1.82, 2.24) is 10.3 Å². The summed E-state index contributed by atoms with van der Waals surface area (Å²) >= 11 is 0. The van der Waals surface area contributed by atoms with E-state index in [0.29, 0.717) is 43.4 Å². The lowest BCUT2D eigenvalue weighted by molar-refractivity contribution is -0.122. The SMILES string of the molecule is C[Si](C)(C)CCOCN1C(=O)COc2ccc(N3CC(C4CC(NC(=O)O)C4)OC3=O)nc21. The molecule has 11 nitrogen and oxygen atoms in total. The fourth-order valence-corrected chi connectivity index (χ4v) is 4.82. The molecule has 1 saturated heterocycles. The number of aromatic nitrogens is 1. The third-order valence-electron chi connectivity index (χ3n) is 6.09. The molecular weight excluding hydrogens is 448 g/mol. The van der Waals surface area contributed by atoms with E-state index in [1.807, 2.05) is 0 Å². The summed E-state index contributed by atoms with van der Waals surface area (Å²) in [5.41, 5.74) is 0. The van der Waals surface area contributed by atoms with Crippen LogP contribution in [0.4, 0.5) is 21.2 Å². The first kappa shape index (κ1) is 23.3. The smallest absolute Gasteiger partial charge is 0.415 e. The Morgan fingerprint density at radius 2 is 2.06 bits per heavy atom. The Labute approximate surface area is 193 Å². The Balaban J connectivity index is 1.41. The summed E-state index contributed by atoms with van der Waals surface area (Å²) in [4.78, 5) is 43.2. The van der Waals surface area contributed by atoms with Crippen LogP contribution in [0.25, 0.3) is 0 Å². The number of nitrogens with one attached hydrogen (secondary N) is 1. The number of hydrogen-bond donors (Lipinski definition) is 2.